The molecular weight excluding hydrogens is 187 g/mol. The molecule has 0 fully saturated rings. The summed E-state index contributed by atoms with van der Waals surface area (Å²) in [6.07, 6.45) is 2.79. The van der Waals surface area contributed by atoms with E-state index in [4.69, 9.17) is 23.2 Å². The average molecular weight is 197 g/mol. The molecule has 0 aliphatic rings. The zero-order chi connectivity index (χ0) is 8.69. The van der Waals surface area contributed by atoms with Gasteiger partial charge in [0.1, 0.15) is 0 Å². The molecule has 4 heteroatoms. The number of esters is 1. The number of allylic oxidation sites excluding steroid dienone is 1. The Morgan fingerprint density at radius 1 is 1.73 bits per heavy atom. The summed E-state index contributed by atoms with van der Waals surface area (Å²) in [5.41, 5.74) is 0. The van der Waals surface area contributed by atoms with Crippen molar-refractivity contribution in [2.24, 2.45) is 0 Å². The molecule has 0 aliphatic heterocycles. The van der Waals surface area contributed by atoms with Gasteiger partial charge >= 0.3 is 5.97 Å². The lowest BCUT2D eigenvalue weighted by Gasteiger charge is -1.96. The SMILES string of the molecule is CCOC(=O)/C=C/[C@H](Cl)CCl. The highest BCUT2D eigenvalue weighted by atomic mass is 35.5. The van der Waals surface area contributed by atoms with E-state index in [-0.39, 0.29) is 17.2 Å². The summed E-state index contributed by atoms with van der Waals surface area (Å²) in [6, 6.07) is 0. The normalized spacial score (nSPS) is 13.4. The number of ether oxygens (including phenoxy) is 1. The maximum Gasteiger partial charge on any atom is 0.330 e. The van der Waals surface area contributed by atoms with E-state index >= 15 is 0 Å². The van der Waals surface area contributed by atoms with Crippen LogP contribution in [-0.2, 0) is 9.53 Å². The van der Waals surface area contributed by atoms with Crippen molar-refractivity contribution in [1.29, 1.82) is 0 Å². The Morgan fingerprint density at radius 2 is 2.36 bits per heavy atom. The van der Waals surface area contributed by atoms with Gasteiger partial charge in [0.2, 0.25) is 0 Å². The maximum atomic E-state index is 10.7. The lowest BCUT2D eigenvalue weighted by atomic mass is 10.4. The van der Waals surface area contributed by atoms with E-state index in [1.807, 2.05) is 0 Å². The van der Waals surface area contributed by atoms with Crippen LogP contribution in [0.1, 0.15) is 6.92 Å². The average Bonchev–Trinajstić information content (AvgIpc) is 2.01. The van der Waals surface area contributed by atoms with Gasteiger partial charge in [0.25, 0.3) is 0 Å². The fourth-order valence-electron chi connectivity index (χ4n) is 0.425. The van der Waals surface area contributed by atoms with Crippen LogP contribution < -0.4 is 0 Å². The summed E-state index contributed by atoms with van der Waals surface area (Å²) in [5.74, 6) is -0.0967. The van der Waals surface area contributed by atoms with Crippen molar-refractivity contribution in [3.05, 3.63) is 12.2 Å². The van der Waals surface area contributed by atoms with Crippen LogP contribution in [0.3, 0.4) is 0 Å². The second-order valence-corrected chi connectivity index (χ2v) is 2.65. The minimum Gasteiger partial charge on any atom is -0.463 e. The second kappa shape index (κ2) is 6.50. The Hall–Kier alpha value is -0.210. The topological polar surface area (TPSA) is 26.3 Å². The Labute approximate surface area is 76.1 Å². The molecular formula is C7H10Cl2O2. The summed E-state index contributed by atoms with van der Waals surface area (Å²) in [4.78, 5) is 10.7. The van der Waals surface area contributed by atoms with E-state index in [0.717, 1.165) is 0 Å². The van der Waals surface area contributed by atoms with E-state index in [2.05, 4.69) is 4.74 Å². The van der Waals surface area contributed by atoms with Crippen LogP contribution in [0.4, 0.5) is 0 Å². The quantitative estimate of drug-likeness (QED) is 0.391. The summed E-state index contributed by atoms with van der Waals surface area (Å²) in [6.45, 7) is 2.11. The van der Waals surface area contributed by atoms with Crippen LogP contribution in [0.5, 0.6) is 0 Å². The number of rotatable bonds is 4. The fraction of sp³-hybridized carbons (Fsp3) is 0.571. The first kappa shape index (κ1) is 10.8. The van der Waals surface area contributed by atoms with Gasteiger partial charge < -0.3 is 4.74 Å². The van der Waals surface area contributed by atoms with Crippen molar-refractivity contribution in [2.75, 3.05) is 12.5 Å². The lowest BCUT2D eigenvalue weighted by molar-refractivity contribution is -0.137. The van der Waals surface area contributed by atoms with Crippen molar-refractivity contribution < 1.29 is 9.53 Å². The minimum absolute atomic E-state index is 0.289. The third kappa shape index (κ3) is 6.20. The van der Waals surface area contributed by atoms with Crippen LogP contribution >= 0.6 is 23.2 Å². The van der Waals surface area contributed by atoms with Crippen molar-refractivity contribution in [3.8, 4) is 0 Å². The highest BCUT2D eigenvalue weighted by molar-refractivity contribution is 6.29. The standard InChI is InChI=1S/C7H10Cl2O2/c1-2-11-7(10)4-3-6(9)5-8/h3-4,6H,2,5H2,1H3/b4-3+/t6-/m0/s1. The van der Waals surface area contributed by atoms with Gasteiger partial charge in [-0.15, -0.1) is 23.2 Å². The molecule has 0 unspecified atom stereocenters. The van der Waals surface area contributed by atoms with Gasteiger partial charge in [-0.25, -0.2) is 4.79 Å². The molecule has 0 rings (SSSR count). The molecule has 0 N–H and O–H groups in total. The van der Waals surface area contributed by atoms with Gasteiger partial charge in [0.05, 0.1) is 12.0 Å². The summed E-state index contributed by atoms with van der Waals surface area (Å²) < 4.78 is 4.61. The first-order chi connectivity index (χ1) is 5.20. The van der Waals surface area contributed by atoms with E-state index in [9.17, 15) is 4.79 Å². The molecule has 0 aromatic carbocycles. The Morgan fingerprint density at radius 3 is 2.82 bits per heavy atom. The van der Waals surface area contributed by atoms with Crippen LogP contribution in [0.25, 0.3) is 0 Å². The van der Waals surface area contributed by atoms with E-state index < -0.39 is 0 Å². The molecule has 0 radical (unpaired) electrons. The zero-order valence-corrected chi connectivity index (χ0v) is 7.73. The van der Waals surface area contributed by atoms with Crippen molar-refractivity contribution >= 4 is 29.2 Å². The van der Waals surface area contributed by atoms with Gasteiger partial charge in [-0.1, -0.05) is 6.08 Å². The maximum absolute atomic E-state index is 10.7. The second-order valence-electron chi connectivity index (χ2n) is 1.78. The summed E-state index contributed by atoms with van der Waals surface area (Å²) in [7, 11) is 0. The smallest absolute Gasteiger partial charge is 0.330 e. The number of alkyl halides is 2. The van der Waals surface area contributed by atoms with Crippen molar-refractivity contribution in [3.63, 3.8) is 0 Å². The monoisotopic (exact) mass is 196 g/mol. The molecule has 11 heavy (non-hydrogen) atoms. The number of hydrogen-bond acceptors (Lipinski definition) is 2. The van der Waals surface area contributed by atoms with Gasteiger partial charge in [-0.05, 0) is 6.92 Å². The predicted octanol–water partition coefficient (Wildman–Crippen LogP) is 1.95. The molecule has 0 aliphatic carbocycles. The van der Waals surface area contributed by atoms with Gasteiger partial charge in [0.15, 0.2) is 0 Å². The predicted molar refractivity (Wildman–Crippen MR) is 46.1 cm³/mol. The van der Waals surface area contributed by atoms with Gasteiger partial charge in [-0.3, -0.25) is 0 Å². The van der Waals surface area contributed by atoms with Crippen LogP contribution in [0.2, 0.25) is 0 Å². The van der Waals surface area contributed by atoms with Crippen molar-refractivity contribution in [2.45, 2.75) is 12.3 Å². The highest BCUT2D eigenvalue weighted by Crippen LogP contribution is 2.00. The molecule has 64 valence electrons. The largest absolute Gasteiger partial charge is 0.463 e. The van der Waals surface area contributed by atoms with Crippen molar-refractivity contribution in [1.82, 2.24) is 0 Å². The molecule has 0 saturated heterocycles. The number of hydrogen-bond donors (Lipinski definition) is 0. The molecule has 0 spiro atoms. The molecule has 1 atom stereocenters. The van der Waals surface area contributed by atoms with E-state index in [1.54, 1.807) is 6.92 Å². The molecule has 2 nitrogen and oxygen atoms in total. The summed E-state index contributed by atoms with van der Waals surface area (Å²) >= 11 is 11.0. The Kier molecular flexibility index (Phi) is 6.37. The minimum atomic E-state index is -0.386. The third-order valence-electron chi connectivity index (χ3n) is 0.875. The number of carbonyl (C=O) groups excluding carboxylic acids is 1. The Balaban J connectivity index is 3.63. The highest BCUT2D eigenvalue weighted by Gasteiger charge is 1.98. The van der Waals surface area contributed by atoms with Crippen LogP contribution in [0.15, 0.2) is 12.2 Å². The lowest BCUT2D eigenvalue weighted by Crippen LogP contribution is -2.01. The van der Waals surface area contributed by atoms with Gasteiger partial charge in [0, 0.05) is 12.0 Å². The zero-order valence-electron chi connectivity index (χ0n) is 6.22. The van der Waals surface area contributed by atoms with Crippen LogP contribution in [-0.4, -0.2) is 23.8 Å². The number of carbonyl (C=O) groups is 1. The third-order valence-corrected chi connectivity index (χ3v) is 1.67. The Bertz CT molecular complexity index is 145. The number of halogens is 2. The molecule has 0 heterocycles. The fourth-order valence-corrected chi connectivity index (χ4v) is 0.600. The first-order valence-corrected chi connectivity index (χ1v) is 4.22. The molecule has 0 aromatic heterocycles. The van der Waals surface area contributed by atoms with Crippen LogP contribution in [0, 0.1) is 0 Å². The first-order valence-electron chi connectivity index (χ1n) is 3.25. The van der Waals surface area contributed by atoms with E-state index in [1.165, 1.54) is 12.2 Å². The molecule has 0 bridgehead atoms. The molecule has 0 saturated carbocycles. The van der Waals surface area contributed by atoms with Gasteiger partial charge in [-0.2, -0.15) is 0 Å². The molecule has 0 aromatic rings. The van der Waals surface area contributed by atoms with E-state index in [0.29, 0.717) is 6.61 Å². The molecule has 0 amide bonds. The summed E-state index contributed by atoms with van der Waals surface area (Å²) in [5, 5.41) is -0.305.